The van der Waals surface area contributed by atoms with E-state index >= 15 is 0 Å². The number of aryl methyl sites for hydroxylation is 2. The van der Waals surface area contributed by atoms with Gasteiger partial charge in [-0.15, -0.1) is 0 Å². The second-order valence-corrected chi connectivity index (χ2v) is 7.91. The average molecular weight is 379 g/mol. The summed E-state index contributed by atoms with van der Waals surface area (Å²) in [5.41, 5.74) is 5.09. The van der Waals surface area contributed by atoms with E-state index in [1.807, 2.05) is 9.80 Å². The van der Waals surface area contributed by atoms with E-state index in [-0.39, 0.29) is 6.03 Å². The van der Waals surface area contributed by atoms with Gasteiger partial charge in [0.25, 0.3) is 0 Å². The van der Waals surface area contributed by atoms with E-state index in [2.05, 4.69) is 72.2 Å². The fourth-order valence-corrected chi connectivity index (χ4v) is 4.16. The third kappa shape index (κ3) is 4.08. The molecular weight excluding hydrogens is 348 g/mol. The molecule has 0 unspecified atom stereocenters. The first-order valence-electron chi connectivity index (χ1n) is 10.3. The molecule has 4 rings (SSSR count). The zero-order valence-corrected chi connectivity index (χ0v) is 17.0. The minimum atomic E-state index is 0.202. The Bertz CT molecular complexity index is 753. The van der Waals surface area contributed by atoms with Gasteiger partial charge in [0.15, 0.2) is 0 Å². The quantitative estimate of drug-likeness (QED) is 0.803. The van der Waals surface area contributed by atoms with Crippen molar-refractivity contribution < 1.29 is 4.79 Å². The molecule has 0 aliphatic carbocycles. The molecule has 2 aliphatic heterocycles. The largest absolute Gasteiger partial charge is 0.368 e. The van der Waals surface area contributed by atoms with Gasteiger partial charge in [0.1, 0.15) is 0 Å². The molecule has 5 nitrogen and oxygen atoms in total. The summed E-state index contributed by atoms with van der Waals surface area (Å²) in [6.45, 7) is 11.0. The molecule has 0 spiro atoms. The fourth-order valence-electron chi connectivity index (χ4n) is 4.16. The summed E-state index contributed by atoms with van der Waals surface area (Å²) in [6, 6.07) is 17.4. The summed E-state index contributed by atoms with van der Waals surface area (Å²) in [4.78, 5) is 21.8. The number of rotatable bonds is 2. The van der Waals surface area contributed by atoms with E-state index in [9.17, 15) is 4.79 Å². The Labute approximate surface area is 168 Å². The van der Waals surface area contributed by atoms with Crippen LogP contribution in [0.5, 0.6) is 0 Å². The van der Waals surface area contributed by atoms with Gasteiger partial charge in [-0.05, 0) is 49.2 Å². The van der Waals surface area contributed by atoms with Gasteiger partial charge in [0.05, 0.1) is 0 Å². The Kier molecular flexibility index (Phi) is 5.42. The lowest BCUT2D eigenvalue weighted by molar-refractivity contribution is 0.147. The lowest BCUT2D eigenvalue weighted by Gasteiger charge is -2.41. The minimum absolute atomic E-state index is 0.202. The molecule has 0 bridgehead atoms. The maximum atomic E-state index is 13.0. The Balaban J connectivity index is 1.29. The zero-order valence-electron chi connectivity index (χ0n) is 17.0. The zero-order chi connectivity index (χ0) is 19.5. The maximum Gasteiger partial charge on any atom is 0.320 e. The topological polar surface area (TPSA) is 30.0 Å². The van der Waals surface area contributed by atoms with E-state index in [1.54, 1.807) is 0 Å². The number of nitrogens with zero attached hydrogens (tertiary/aromatic N) is 4. The maximum absolute atomic E-state index is 13.0. The third-order valence-corrected chi connectivity index (χ3v) is 5.83. The number of amides is 2. The van der Waals surface area contributed by atoms with Gasteiger partial charge in [-0.2, -0.15) is 0 Å². The molecule has 28 heavy (non-hydrogen) atoms. The van der Waals surface area contributed by atoms with Crippen molar-refractivity contribution in [2.24, 2.45) is 0 Å². The number of anilines is 2. The Morgan fingerprint density at radius 3 is 1.39 bits per heavy atom. The molecule has 2 fully saturated rings. The van der Waals surface area contributed by atoms with Crippen molar-refractivity contribution >= 4 is 17.4 Å². The number of hydrogen-bond acceptors (Lipinski definition) is 3. The van der Waals surface area contributed by atoms with Crippen molar-refractivity contribution in [3.05, 3.63) is 59.7 Å². The van der Waals surface area contributed by atoms with Crippen LogP contribution >= 0.6 is 0 Å². The molecule has 2 aromatic carbocycles. The number of hydrogen-bond donors (Lipinski definition) is 0. The summed E-state index contributed by atoms with van der Waals surface area (Å²) in [7, 11) is 0. The summed E-state index contributed by atoms with van der Waals surface area (Å²) < 4.78 is 0. The van der Waals surface area contributed by atoms with E-state index in [0.29, 0.717) is 0 Å². The second kappa shape index (κ2) is 8.13. The predicted molar refractivity (Wildman–Crippen MR) is 115 cm³/mol. The molecule has 0 atom stereocenters. The number of benzene rings is 2. The molecule has 5 heteroatoms. The van der Waals surface area contributed by atoms with Crippen molar-refractivity contribution in [2.75, 3.05) is 62.2 Å². The first-order valence-corrected chi connectivity index (χ1v) is 10.3. The Hall–Kier alpha value is -2.69. The molecule has 148 valence electrons. The van der Waals surface area contributed by atoms with Gasteiger partial charge in [-0.1, -0.05) is 24.3 Å². The number of carbonyl (C=O) groups excluding carboxylic acids is 1. The van der Waals surface area contributed by atoms with E-state index < -0.39 is 0 Å². The van der Waals surface area contributed by atoms with Gasteiger partial charge in [0.2, 0.25) is 0 Å². The minimum Gasteiger partial charge on any atom is -0.368 e. The van der Waals surface area contributed by atoms with Gasteiger partial charge in [-0.25, -0.2) is 4.79 Å². The normalized spacial score (nSPS) is 17.8. The summed E-state index contributed by atoms with van der Waals surface area (Å²) in [5.74, 6) is 0. The highest BCUT2D eigenvalue weighted by Gasteiger charge is 2.28. The molecule has 2 saturated heterocycles. The molecular formula is C23H30N4O. The average Bonchev–Trinajstić information content (AvgIpc) is 2.73. The number of urea groups is 1. The second-order valence-electron chi connectivity index (χ2n) is 7.91. The summed E-state index contributed by atoms with van der Waals surface area (Å²) in [5, 5.41) is 0. The fraction of sp³-hybridized carbons (Fsp3) is 0.435. The van der Waals surface area contributed by atoms with E-state index in [0.717, 1.165) is 52.4 Å². The predicted octanol–water partition coefficient (Wildman–Crippen LogP) is 3.37. The smallest absolute Gasteiger partial charge is 0.320 e. The number of piperazine rings is 2. The van der Waals surface area contributed by atoms with Crippen LogP contribution in [-0.4, -0.2) is 68.2 Å². The van der Waals surface area contributed by atoms with Crippen molar-refractivity contribution in [3.63, 3.8) is 0 Å². The van der Waals surface area contributed by atoms with Crippen LogP contribution in [0.15, 0.2) is 48.5 Å². The third-order valence-electron chi connectivity index (χ3n) is 5.83. The van der Waals surface area contributed by atoms with Crippen molar-refractivity contribution in [2.45, 2.75) is 13.8 Å². The van der Waals surface area contributed by atoms with Crippen LogP contribution < -0.4 is 9.80 Å². The van der Waals surface area contributed by atoms with Crippen molar-refractivity contribution in [1.82, 2.24) is 9.80 Å². The first kappa shape index (κ1) is 18.7. The van der Waals surface area contributed by atoms with Gasteiger partial charge in [0, 0.05) is 63.7 Å². The molecule has 0 saturated carbocycles. The van der Waals surface area contributed by atoms with Gasteiger partial charge in [-0.3, -0.25) is 0 Å². The molecule has 0 radical (unpaired) electrons. The van der Waals surface area contributed by atoms with Crippen LogP contribution in [0.4, 0.5) is 16.2 Å². The van der Waals surface area contributed by atoms with Crippen LogP contribution in [0.3, 0.4) is 0 Å². The van der Waals surface area contributed by atoms with Crippen molar-refractivity contribution in [3.8, 4) is 0 Å². The van der Waals surface area contributed by atoms with Crippen LogP contribution in [-0.2, 0) is 0 Å². The molecule has 0 N–H and O–H groups in total. The van der Waals surface area contributed by atoms with E-state index in [1.165, 1.54) is 22.5 Å². The molecule has 2 aromatic rings. The van der Waals surface area contributed by atoms with Crippen LogP contribution in [0.25, 0.3) is 0 Å². The van der Waals surface area contributed by atoms with Crippen LogP contribution in [0.2, 0.25) is 0 Å². The SMILES string of the molecule is Cc1cccc(N2CCN(C(=O)N3CCN(c4cccc(C)c4)CC3)CC2)c1. The molecule has 2 aliphatic rings. The standard InChI is InChI=1S/C23H30N4O/c1-19-5-3-7-21(17-19)24-9-13-26(14-10-24)23(28)27-15-11-25(12-16-27)22-8-4-6-20(2)18-22/h3-8,17-18H,9-16H2,1-2H3. The van der Waals surface area contributed by atoms with Crippen LogP contribution in [0.1, 0.15) is 11.1 Å². The molecule has 2 heterocycles. The van der Waals surface area contributed by atoms with Crippen LogP contribution in [0, 0.1) is 13.8 Å². The van der Waals surface area contributed by atoms with E-state index in [4.69, 9.17) is 0 Å². The lowest BCUT2D eigenvalue weighted by atomic mass is 10.2. The lowest BCUT2D eigenvalue weighted by Crippen LogP contribution is -2.57. The first-order chi connectivity index (χ1) is 13.6. The van der Waals surface area contributed by atoms with Gasteiger partial charge >= 0.3 is 6.03 Å². The van der Waals surface area contributed by atoms with Gasteiger partial charge < -0.3 is 19.6 Å². The molecule has 0 aromatic heterocycles. The Morgan fingerprint density at radius 1 is 0.643 bits per heavy atom. The monoisotopic (exact) mass is 378 g/mol. The Morgan fingerprint density at radius 2 is 1.04 bits per heavy atom. The summed E-state index contributed by atoms with van der Waals surface area (Å²) in [6.07, 6.45) is 0. The molecule has 2 amide bonds. The van der Waals surface area contributed by atoms with Crippen molar-refractivity contribution in [1.29, 1.82) is 0 Å². The summed E-state index contributed by atoms with van der Waals surface area (Å²) >= 11 is 0. The highest BCUT2D eigenvalue weighted by atomic mass is 16.2. The highest BCUT2D eigenvalue weighted by molar-refractivity contribution is 5.75. The highest BCUT2D eigenvalue weighted by Crippen LogP contribution is 2.20. The number of carbonyl (C=O) groups is 1.